The molecule has 0 atom stereocenters. The number of nitriles is 1. The summed E-state index contributed by atoms with van der Waals surface area (Å²) < 4.78 is 0. The Morgan fingerprint density at radius 2 is 2.00 bits per heavy atom. The number of nitrogens with zero attached hydrogens (tertiary/aromatic N) is 2. The van der Waals surface area contributed by atoms with E-state index >= 15 is 0 Å². The van der Waals surface area contributed by atoms with Crippen LogP contribution in [0.3, 0.4) is 0 Å². The van der Waals surface area contributed by atoms with E-state index < -0.39 is 0 Å². The first-order chi connectivity index (χ1) is 6.83. The summed E-state index contributed by atoms with van der Waals surface area (Å²) in [6, 6.07) is 9.49. The van der Waals surface area contributed by atoms with Gasteiger partial charge in [-0.1, -0.05) is 29.8 Å². The first-order valence-electron chi connectivity index (χ1n) is 4.08. The smallest absolute Gasteiger partial charge is 0.101 e. The van der Waals surface area contributed by atoms with Crippen LogP contribution in [0.25, 0.3) is 5.57 Å². The standard InChI is InChI=1S/C11H6ClN2/c12-11-4-2-1-3-9(11)10-7-14-6-8(10)5-13/h1-4,6-7H. The van der Waals surface area contributed by atoms with Gasteiger partial charge in [0.25, 0.3) is 0 Å². The molecule has 0 aliphatic carbocycles. The molecule has 0 saturated carbocycles. The number of allylic oxidation sites excluding steroid dienone is 2. The van der Waals surface area contributed by atoms with Gasteiger partial charge in [0.05, 0.1) is 5.57 Å². The number of rotatable bonds is 1. The molecule has 1 aliphatic heterocycles. The Morgan fingerprint density at radius 3 is 2.71 bits per heavy atom. The van der Waals surface area contributed by atoms with Gasteiger partial charge in [-0.3, -0.25) is 5.32 Å². The van der Waals surface area contributed by atoms with Gasteiger partial charge >= 0.3 is 0 Å². The van der Waals surface area contributed by atoms with Gasteiger partial charge in [-0.2, -0.15) is 5.26 Å². The minimum Gasteiger partial charge on any atom is -0.263 e. The van der Waals surface area contributed by atoms with Crippen molar-refractivity contribution in [1.82, 2.24) is 5.32 Å². The molecular formula is C11H6ClN2. The third kappa shape index (κ3) is 1.39. The van der Waals surface area contributed by atoms with Crippen molar-refractivity contribution in [2.75, 3.05) is 0 Å². The minimum absolute atomic E-state index is 0.554. The van der Waals surface area contributed by atoms with Crippen molar-refractivity contribution in [2.24, 2.45) is 0 Å². The lowest BCUT2D eigenvalue weighted by Gasteiger charge is -2.03. The van der Waals surface area contributed by atoms with E-state index in [1.54, 1.807) is 18.5 Å². The second kappa shape index (κ2) is 3.57. The summed E-state index contributed by atoms with van der Waals surface area (Å²) in [4.78, 5) is 0. The molecular weight excluding hydrogens is 196 g/mol. The van der Waals surface area contributed by atoms with Crippen molar-refractivity contribution in [1.29, 1.82) is 5.26 Å². The van der Waals surface area contributed by atoms with E-state index in [1.165, 1.54) is 0 Å². The second-order valence-corrected chi connectivity index (χ2v) is 3.23. The molecule has 1 heterocycles. The Balaban J connectivity index is 2.48. The summed E-state index contributed by atoms with van der Waals surface area (Å²) in [5, 5.41) is 13.4. The van der Waals surface area contributed by atoms with Crippen LogP contribution in [0, 0.1) is 11.3 Å². The summed E-state index contributed by atoms with van der Waals surface area (Å²) in [7, 11) is 0. The third-order valence-corrected chi connectivity index (χ3v) is 2.31. The van der Waals surface area contributed by atoms with Gasteiger partial charge in [0.1, 0.15) is 6.07 Å². The Kier molecular flexibility index (Phi) is 2.26. The average molecular weight is 202 g/mol. The maximum absolute atomic E-state index is 8.83. The first kappa shape index (κ1) is 8.86. The number of halogens is 1. The molecule has 0 amide bonds. The lowest BCUT2D eigenvalue weighted by atomic mass is 10.0. The van der Waals surface area contributed by atoms with Crippen molar-refractivity contribution in [3.05, 3.63) is 52.8 Å². The van der Waals surface area contributed by atoms with E-state index in [1.807, 2.05) is 18.2 Å². The molecule has 0 saturated heterocycles. The minimum atomic E-state index is 0.554. The van der Waals surface area contributed by atoms with Gasteiger partial charge in [-0.05, 0) is 6.07 Å². The maximum Gasteiger partial charge on any atom is 0.101 e. The predicted molar refractivity (Wildman–Crippen MR) is 55.3 cm³/mol. The molecule has 1 radical (unpaired) electrons. The monoisotopic (exact) mass is 201 g/mol. The zero-order valence-corrected chi connectivity index (χ0v) is 7.99. The lowest BCUT2D eigenvalue weighted by Crippen LogP contribution is -1.85. The van der Waals surface area contributed by atoms with Crippen LogP contribution in [0.2, 0.25) is 5.02 Å². The van der Waals surface area contributed by atoms with E-state index in [2.05, 4.69) is 11.4 Å². The fourth-order valence-electron chi connectivity index (χ4n) is 1.31. The van der Waals surface area contributed by atoms with Crippen molar-refractivity contribution >= 4 is 17.2 Å². The fraction of sp³-hybridized carbons (Fsp3) is 0. The van der Waals surface area contributed by atoms with Crippen LogP contribution in [0.4, 0.5) is 0 Å². The fourth-order valence-corrected chi connectivity index (χ4v) is 1.55. The van der Waals surface area contributed by atoms with Crippen LogP contribution in [-0.2, 0) is 0 Å². The van der Waals surface area contributed by atoms with Gasteiger partial charge in [0.15, 0.2) is 0 Å². The quantitative estimate of drug-likeness (QED) is 0.689. The van der Waals surface area contributed by atoms with Gasteiger partial charge in [-0.25, -0.2) is 0 Å². The number of benzene rings is 1. The van der Waals surface area contributed by atoms with E-state index in [9.17, 15) is 0 Å². The second-order valence-electron chi connectivity index (χ2n) is 2.83. The molecule has 0 N–H and O–H groups in total. The van der Waals surface area contributed by atoms with Gasteiger partial charge < -0.3 is 0 Å². The van der Waals surface area contributed by atoms with Crippen LogP contribution in [0.1, 0.15) is 5.56 Å². The number of hydrogen-bond acceptors (Lipinski definition) is 1. The molecule has 0 bridgehead atoms. The first-order valence-corrected chi connectivity index (χ1v) is 4.46. The molecule has 2 nitrogen and oxygen atoms in total. The molecule has 0 unspecified atom stereocenters. The highest BCUT2D eigenvalue weighted by molar-refractivity contribution is 6.32. The van der Waals surface area contributed by atoms with Crippen LogP contribution in [0.5, 0.6) is 0 Å². The predicted octanol–water partition coefficient (Wildman–Crippen LogP) is 2.71. The topological polar surface area (TPSA) is 37.9 Å². The molecule has 0 fully saturated rings. The normalized spacial score (nSPS) is 14.0. The van der Waals surface area contributed by atoms with E-state index in [0.29, 0.717) is 10.6 Å². The molecule has 67 valence electrons. The Labute approximate surface area is 87.1 Å². The maximum atomic E-state index is 8.83. The number of hydrogen-bond donors (Lipinski definition) is 0. The van der Waals surface area contributed by atoms with E-state index in [-0.39, 0.29) is 0 Å². The Hall–Kier alpha value is -1.72. The summed E-state index contributed by atoms with van der Waals surface area (Å²) >= 11 is 6.01. The zero-order chi connectivity index (χ0) is 9.97. The van der Waals surface area contributed by atoms with Gasteiger partial charge in [0.2, 0.25) is 0 Å². The van der Waals surface area contributed by atoms with Crippen molar-refractivity contribution < 1.29 is 0 Å². The van der Waals surface area contributed by atoms with E-state index in [0.717, 1.165) is 11.1 Å². The molecule has 1 aromatic carbocycles. The average Bonchev–Trinajstić information content (AvgIpc) is 2.66. The van der Waals surface area contributed by atoms with Crippen LogP contribution in [0.15, 0.2) is 42.2 Å². The summed E-state index contributed by atoms with van der Waals surface area (Å²) in [6.45, 7) is 0. The molecule has 14 heavy (non-hydrogen) atoms. The molecule has 0 spiro atoms. The Bertz CT molecular complexity index is 466. The zero-order valence-electron chi connectivity index (χ0n) is 7.24. The summed E-state index contributed by atoms with van der Waals surface area (Å²) in [5.74, 6) is 0. The lowest BCUT2D eigenvalue weighted by molar-refractivity contribution is 1.20. The van der Waals surface area contributed by atoms with Crippen molar-refractivity contribution in [3.8, 4) is 6.07 Å². The molecule has 0 aromatic heterocycles. The van der Waals surface area contributed by atoms with Crippen LogP contribution >= 0.6 is 11.6 Å². The molecule has 1 aliphatic rings. The highest BCUT2D eigenvalue weighted by Gasteiger charge is 2.14. The van der Waals surface area contributed by atoms with Gasteiger partial charge in [0, 0.05) is 28.6 Å². The van der Waals surface area contributed by atoms with Crippen molar-refractivity contribution in [3.63, 3.8) is 0 Å². The van der Waals surface area contributed by atoms with Crippen molar-refractivity contribution in [2.45, 2.75) is 0 Å². The summed E-state index contributed by atoms with van der Waals surface area (Å²) in [6.07, 6.45) is 3.19. The third-order valence-electron chi connectivity index (χ3n) is 1.98. The highest BCUT2D eigenvalue weighted by atomic mass is 35.5. The van der Waals surface area contributed by atoms with Crippen LogP contribution in [-0.4, -0.2) is 0 Å². The molecule has 3 heteroatoms. The Morgan fingerprint density at radius 1 is 1.21 bits per heavy atom. The highest BCUT2D eigenvalue weighted by Crippen LogP contribution is 2.30. The SMILES string of the molecule is N#CC1=C[N]C=C1c1ccccc1Cl. The van der Waals surface area contributed by atoms with Crippen LogP contribution < -0.4 is 5.32 Å². The molecule has 2 rings (SSSR count). The largest absolute Gasteiger partial charge is 0.263 e. The summed E-state index contributed by atoms with van der Waals surface area (Å²) in [5.41, 5.74) is 2.19. The van der Waals surface area contributed by atoms with E-state index in [4.69, 9.17) is 16.9 Å². The van der Waals surface area contributed by atoms with Gasteiger partial charge in [-0.15, -0.1) is 0 Å². The molecule has 1 aromatic rings.